The highest BCUT2D eigenvalue weighted by molar-refractivity contribution is 5.81. The third-order valence-corrected chi connectivity index (χ3v) is 5.63. The van der Waals surface area contributed by atoms with Gasteiger partial charge in [-0.1, -0.05) is 0 Å². The number of hydrogen-bond acceptors (Lipinski definition) is 6. The lowest BCUT2D eigenvalue weighted by atomic mass is 9.88. The number of nitrogens with zero attached hydrogens (tertiary/aromatic N) is 6. The second kappa shape index (κ2) is 7.03. The van der Waals surface area contributed by atoms with E-state index in [9.17, 15) is 4.79 Å². The van der Waals surface area contributed by atoms with Crippen LogP contribution in [0.25, 0.3) is 0 Å². The Morgan fingerprint density at radius 2 is 1.88 bits per heavy atom. The number of carbonyl (C=O) groups is 1. The Labute approximate surface area is 153 Å². The van der Waals surface area contributed by atoms with Crippen molar-refractivity contribution in [3.63, 3.8) is 0 Å². The quantitative estimate of drug-likeness (QED) is 0.846. The highest BCUT2D eigenvalue weighted by Gasteiger charge is 2.38. The van der Waals surface area contributed by atoms with Crippen molar-refractivity contribution in [3.05, 3.63) is 35.9 Å². The van der Waals surface area contributed by atoms with Crippen molar-refractivity contribution in [1.29, 1.82) is 0 Å². The molecule has 2 saturated heterocycles. The van der Waals surface area contributed by atoms with Crippen LogP contribution < -0.4 is 10.2 Å². The molecule has 26 heavy (non-hydrogen) atoms. The highest BCUT2D eigenvalue weighted by atomic mass is 16.2. The normalized spacial score (nSPS) is 23.5. The highest BCUT2D eigenvalue weighted by Crippen LogP contribution is 2.31. The number of aryl methyl sites for hydroxylation is 1. The summed E-state index contributed by atoms with van der Waals surface area (Å²) in [6.45, 7) is 6.61. The Morgan fingerprint density at radius 1 is 1.15 bits per heavy atom. The van der Waals surface area contributed by atoms with Crippen LogP contribution in [0.5, 0.6) is 0 Å². The first-order valence-corrected chi connectivity index (χ1v) is 9.15. The van der Waals surface area contributed by atoms with Crippen LogP contribution in [-0.4, -0.2) is 69.8 Å². The zero-order valence-corrected chi connectivity index (χ0v) is 15.3. The van der Waals surface area contributed by atoms with Gasteiger partial charge in [-0.2, -0.15) is 5.10 Å². The molecule has 2 aliphatic heterocycles. The fraction of sp³-hybridized carbons (Fsp3) is 0.556. The van der Waals surface area contributed by atoms with Crippen LogP contribution in [0.1, 0.15) is 17.2 Å². The molecule has 0 radical (unpaired) electrons. The maximum atomic E-state index is 13.2. The molecule has 0 saturated carbocycles. The molecule has 0 bridgehead atoms. The fourth-order valence-electron chi connectivity index (χ4n) is 3.96. The molecule has 0 aliphatic carbocycles. The van der Waals surface area contributed by atoms with Crippen molar-refractivity contribution < 1.29 is 4.79 Å². The van der Waals surface area contributed by atoms with E-state index in [1.807, 2.05) is 28.9 Å². The third kappa shape index (κ3) is 3.05. The maximum absolute atomic E-state index is 13.2. The van der Waals surface area contributed by atoms with E-state index in [4.69, 9.17) is 0 Å². The summed E-state index contributed by atoms with van der Waals surface area (Å²) in [5.74, 6) is 1.17. The Morgan fingerprint density at radius 3 is 2.54 bits per heavy atom. The molecule has 0 aromatic carbocycles. The minimum absolute atomic E-state index is 0.0163. The second-order valence-electron chi connectivity index (χ2n) is 7.04. The van der Waals surface area contributed by atoms with Crippen LogP contribution in [0.3, 0.4) is 0 Å². The van der Waals surface area contributed by atoms with E-state index >= 15 is 0 Å². The molecule has 8 heteroatoms. The van der Waals surface area contributed by atoms with Crippen LogP contribution >= 0.6 is 0 Å². The molecule has 4 heterocycles. The van der Waals surface area contributed by atoms with E-state index < -0.39 is 0 Å². The summed E-state index contributed by atoms with van der Waals surface area (Å²) in [7, 11) is 1.95. The predicted octanol–water partition coefficient (Wildman–Crippen LogP) is 0.170. The third-order valence-electron chi connectivity index (χ3n) is 5.63. The Bertz CT molecular complexity index is 767. The molecule has 8 nitrogen and oxygen atoms in total. The van der Waals surface area contributed by atoms with Gasteiger partial charge in [-0.05, 0) is 18.6 Å². The van der Waals surface area contributed by atoms with Gasteiger partial charge in [0.05, 0.1) is 12.1 Å². The van der Waals surface area contributed by atoms with Gasteiger partial charge in [-0.15, -0.1) is 0 Å². The van der Waals surface area contributed by atoms with Crippen LogP contribution in [0.15, 0.2) is 24.7 Å². The smallest absolute Gasteiger partial charge is 0.227 e. The molecule has 2 aromatic heterocycles. The predicted molar refractivity (Wildman–Crippen MR) is 97.9 cm³/mol. The monoisotopic (exact) mass is 355 g/mol. The number of aromatic nitrogens is 4. The lowest BCUT2D eigenvalue weighted by Gasteiger charge is -2.36. The number of carbonyl (C=O) groups excluding carboxylic acids is 1. The molecule has 0 spiro atoms. The Kier molecular flexibility index (Phi) is 4.58. The van der Waals surface area contributed by atoms with E-state index in [0.717, 1.165) is 37.8 Å². The van der Waals surface area contributed by atoms with Gasteiger partial charge < -0.3 is 15.1 Å². The number of nitrogens with one attached hydrogen (secondary N) is 1. The Hall–Kier alpha value is -2.48. The van der Waals surface area contributed by atoms with Gasteiger partial charge in [-0.3, -0.25) is 9.48 Å². The molecule has 2 aliphatic rings. The van der Waals surface area contributed by atoms with Crippen molar-refractivity contribution in [3.8, 4) is 0 Å². The van der Waals surface area contributed by atoms with Gasteiger partial charge in [0, 0.05) is 70.3 Å². The van der Waals surface area contributed by atoms with Crippen LogP contribution in [0.2, 0.25) is 0 Å². The standard InChI is InChI=1S/C18H25N7O/c1-13-14(12-22-23(13)2)15-10-19-11-16(15)17(26)24-6-8-25(9-7-24)18-20-4-3-5-21-18/h3-5,12,15-16,19H,6-11H2,1-2H3/t15-,16+/m1/s1. The van der Waals surface area contributed by atoms with E-state index in [2.05, 4.69) is 32.2 Å². The number of rotatable bonds is 3. The summed E-state index contributed by atoms with van der Waals surface area (Å²) in [4.78, 5) is 25.9. The van der Waals surface area contributed by atoms with E-state index in [1.165, 1.54) is 5.56 Å². The summed E-state index contributed by atoms with van der Waals surface area (Å²) >= 11 is 0. The van der Waals surface area contributed by atoms with Crippen molar-refractivity contribution in [2.75, 3.05) is 44.2 Å². The van der Waals surface area contributed by atoms with Gasteiger partial charge in [0.1, 0.15) is 0 Å². The fourth-order valence-corrected chi connectivity index (χ4v) is 3.96. The van der Waals surface area contributed by atoms with Crippen molar-refractivity contribution >= 4 is 11.9 Å². The molecule has 2 fully saturated rings. The average molecular weight is 355 g/mol. The van der Waals surface area contributed by atoms with E-state index in [-0.39, 0.29) is 17.7 Å². The molecule has 0 unspecified atom stereocenters. The molecule has 138 valence electrons. The topological polar surface area (TPSA) is 79.2 Å². The van der Waals surface area contributed by atoms with Gasteiger partial charge in [0.15, 0.2) is 0 Å². The summed E-state index contributed by atoms with van der Waals surface area (Å²) in [5.41, 5.74) is 2.33. The van der Waals surface area contributed by atoms with Crippen LogP contribution in [0, 0.1) is 12.8 Å². The number of piperazine rings is 1. The summed E-state index contributed by atoms with van der Waals surface area (Å²) in [6.07, 6.45) is 5.42. The van der Waals surface area contributed by atoms with E-state index in [0.29, 0.717) is 13.1 Å². The maximum Gasteiger partial charge on any atom is 0.227 e. The number of anilines is 1. The lowest BCUT2D eigenvalue weighted by Crippen LogP contribution is -2.51. The minimum atomic E-state index is -0.0163. The zero-order valence-electron chi connectivity index (χ0n) is 15.3. The first-order valence-electron chi connectivity index (χ1n) is 9.15. The molecule has 1 amide bonds. The molecule has 4 rings (SSSR count). The van der Waals surface area contributed by atoms with Gasteiger partial charge in [0.25, 0.3) is 0 Å². The first-order chi connectivity index (χ1) is 12.6. The largest absolute Gasteiger partial charge is 0.339 e. The van der Waals surface area contributed by atoms with Gasteiger partial charge >= 0.3 is 0 Å². The SMILES string of the molecule is Cc1c([C@H]2CNC[C@@H]2C(=O)N2CCN(c3ncccn3)CC2)cnn1C. The molecule has 1 N–H and O–H groups in total. The Balaban J connectivity index is 1.42. The minimum Gasteiger partial charge on any atom is -0.339 e. The second-order valence-corrected chi connectivity index (χ2v) is 7.04. The lowest BCUT2D eigenvalue weighted by molar-refractivity contribution is -0.135. The molecule has 2 atom stereocenters. The van der Waals surface area contributed by atoms with Gasteiger partial charge in [0.2, 0.25) is 11.9 Å². The molecular formula is C18H25N7O. The number of amides is 1. The summed E-state index contributed by atoms with van der Waals surface area (Å²) < 4.78 is 1.88. The van der Waals surface area contributed by atoms with Crippen molar-refractivity contribution in [1.82, 2.24) is 30.0 Å². The average Bonchev–Trinajstić information content (AvgIpc) is 3.29. The molecule has 2 aromatic rings. The summed E-state index contributed by atoms with van der Waals surface area (Å²) in [5, 5.41) is 7.75. The first kappa shape index (κ1) is 17.0. The number of hydrogen-bond donors (Lipinski definition) is 1. The van der Waals surface area contributed by atoms with E-state index in [1.54, 1.807) is 12.4 Å². The van der Waals surface area contributed by atoms with Crippen molar-refractivity contribution in [2.24, 2.45) is 13.0 Å². The van der Waals surface area contributed by atoms with Crippen LogP contribution in [-0.2, 0) is 11.8 Å². The van der Waals surface area contributed by atoms with Crippen LogP contribution in [0.4, 0.5) is 5.95 Å². The zero-order chi connectivity index (χ0) is 18.1. The van der Waals surface area contributed by atoms with Crippen molar-refractivity contribution in [2.45, 2.75) is 12.8 Å². The van der Waals surface area contributed by atoms with Gasteiger partial charge in [-0.25, -0.2) is 9.97 Å². The molecular weight excluding hydrogens is 330 g/mol. The summed E-state index contributed by atoms with van der Waals surface area (Å²) in [6, 6.07) is 1.82.